The maximum Gasteiger partial charge on any atom is 0.223 e. The van der Waals surface area contributed by atoms with Crippen molar-refractivity contribution in [3.63, 3.8) is 0 Å². The Morgan fingerprint density at radius 2 is 1.51 bits per heavy atom. The zero-order valence-electron chi connectivity index (χ0n) is 20.3. The summed E-state index contributed by atoms with van der Waals surface area (Å²) in [6.07, 6.45) is 2.43. The van der Waals surface area contributed by atoms with E-state index in [9.17, 15) is 13.2 Å². The van der Waals surface area contributed by atoms with E-state index in [0.29, 0.717) is 32.4 Å². The molecule has 0 aliphatic carbocycles. The van der Waals surface area contributed by atoms with Gasteiger partial charge in [-0.25, -0.2) is 12.7 Å². The van der Waals surface area contributed by atoms with Crippen LogP contribution in [0.25, 0.3) is 0 Å². The number of benzene rings is 3. The highest BCUT2D eigenvalue weighted by Gasteiger charge is 2.32. The van der Waals surface area contributed by atoms with Gasteiger partial charge in [-0.15, -0.1) is 0 Å². The summed E-state index contributed by atoms with van der Waals surface area (Å²) in [4.78, 5) is 13.3. The first kappa shape index (κ1) is 25.1. The molecule has 0 bridgehead atoms. The maximum absolute atomic E-state index is 13.3. The smallest absolute Gasteiger partial charge is 0.223 e. The summed E-state index contributed by atoms with van der Waals surface area (Å²) in [6.45, 7) is 2.84. The summed E-state index contributed by atoms with van der Waals surface area (Å²) in [6, 6.07) is 27.8. The predicted octanol–water partition coefficient (Wildman–Crippen LogP) is 4.88. The van der Waals surface area contributed by atoms with Crippen molar-refractivity contribution in [2.75, 3.05) is 18.8 Å². The lowest BCUT2D eigenvalue weighted by Gasteiger charge is -2.32. The molecule has 4 rings (SSSR count). The van der Waals surface area contributed by atoms with Crippen LogP contribution in [0.3, 0.4) is 0 Å². The molecule has 3 aromatic rings. The standard InChI is InChI=1S/C29H34N2O3S/c1-23-11-8-9-17-27(23)28(25-15-6-3-7-16-25)30-29(32)26-18-20-31(21-19-26)35(33,34)22-10-14-24-12-4-2-5-13-24/h2-9,11-13,15-17,26,28H,10,14,18-22H2,1H3,(H,30,32)/t28-/m0/s1. The first-order chi connectivity index (χ1) is 16.9. The van der Waals surface area contributed by atoms with Crippen LogP contribution in [0.15, 0.2) is 84.9 Å². The van der Waals surface area contributed by atoms with Gasteiger partial charge in [0.15, 0.2) is 0 Å². The molecule has 0 saturated carbocycles. The highest BCUT2D eigenvalue weighted by molar-refractivity contribution is 7.89. The summed E-state index contributed by atoms with van der Waals surface area (Å²) < 4.78 is 27.3. The summed E-state index contributed by atoms with van der Waals surface area (Å²) >= 11 is 0. The molecule has 1 atom stereocenters. The van der Waals surface area contributed by atoms with E-state index in [1.54, 1.807) is 4.31 Å². The molecular weight excluding hydrogens is 456 g/mol. The average molecular weight is 491 g/mol. The number of aryl methyl sites for hydroxylation is 2. The number of carbonyl (C=O) groups is 1. The minimum absolute atomic E-state index is 0.0109. The molecular formula is C29H34N2O3S. The van der Waals surface area contributed by atoms with Crippen molar-refractivity contribution in [3.05, 3.63) is 107 Å². The highest BCUT2D eigenvalue weighted by atomic mass is 32.2. The molecule has 1 N–H and O–H groups in total. The third-order valence-electron chi connectivity index (χ3n) is 6.85. The Morgan fingerprint density at radius 3 is 2.17 bits per heavy atom. The second-order valence-electron chi connectivity index (χ2n) is 9.29. The van der Waals surface area contributed by atoms with E-state index >= 15 is 0 Å². The SMILES string of the molecule is Cc1ccccc1[C@@H](NC(=O)C1CCN(S(=O)(=O)CCCc2ccccc2)CC1)c1ccccc1. The van der Waals surface area contributed by atoms with Gasteiger partial charge in [-0.05, 0) is 54.9 Å². The Kier molecular flexibility index (Phi) is 8.37. The summed E-state index contributed by atoms with van der Waals surface area (Å²) in [7, 11) is -3.32. The average Bonchev–Trinajstić information content (AvgIpc) is 2.89. The number of piperidine rings is 1. The minimum Gasteiger partial charge on any atom is -0.345 e. The molecule has 5 nitrogen and oxygen atoms in total. The van der Waals surface area contributed by atoms with Gasteiger partial charge in [-0.2, -0.15) is 0 Å². The van der Waals surface area contributed by atoms with Crippen LogP contribution in [0.1, 0.15) is 47.6 Å². The molecule has 184 valence electrons. The second kappa shape index (κ2) is 11.6. The molecule has 1 fully saturated rings. The third-order valence-corrected chi connectivity index (χ3v) is 8.80. The quantitative estimate of drug-likeness (QED) is 0.465. The number of amides is 1. The molecule has 6 heteroatoms. The molecule has 0 spiro atoms. The van der Waals surface area contributed by atoms with Crippen molar-refractivity contribution in [3.8, 4) is 0 Å². The maximum atomic E-state index is 13.3. The molecule has 0 aromatic heterocycles. The Balaban J connectivity index is 1.35. The number of hydrogen-bond acceptors (Lipinski definition) is 3. The molecule has 1 saturated heterocycles. The predicted molar refractivity (Wildman–Crippen MR) is 140 cm³/mol. The number of nitrogens with one attached hydrogen (secondary N) is 1. The van der Waals surface area contributed by atoms with Crippen molar-refractivity contribution in [1.29, 1.82) is 0 Å². The van der Waals surface area contributed by atoms with Crippen LogP contribution in [0.2, 0.25) is 0 Å². The van der Waals surface area contributed by atoms with Crippen molar-refractivity contribution in [2.45, 2.75) is 38.6 Å². The Bertz CT molecular complexity index is 1200. The van der Waals surface area contributed by atoms with E-state index < -0.39 is 10.0 Å². The number of hydrogen-bond donors (Lipinski definition) is 1. The largest absolute Gasteiger partial charge is 0.345 e. The van der Waals surface area contributed by atoms with E-state index in [2.05, 4.69) is 24.4 Å². The van der Waals surface area contributed by atoms with E-state index in [1.165, 1.54) is 0 Å². The van der Waals surface area contributed by atoms with E-state index in [0.717, 1.165) is 28.7 Å². The van der Waals surface area contributed by atoms with Crippen LogP contribution in [0, 0.1) is 12.8 Å². The number of carbonyl (C=O) groups excluding carboxylic acids is 1. The fourth-order valence-corrected chi connectivity index (χ4v) is 6.32. The molecule has 1 heterocycles. The van der Waals surface area contributed by atoms with Gasteiger partial charge in [0.2, 0.25) is 15.9 Å². The molecule has 1 aliphatic rings. The zero-order chi connectivity index (χ0) is 24.7. The lowest BCUT2D eigenvalue weighted by molar-refractivity contribution is -0.126. The van der Waals surface area contributed by atoms with Crippen molar-refractivity contribution >= 4 is 15.9 Å². The van der Waals surface area contributed by atoms with Crippen molar-refractivity contribution < 1.29 is 13.2 Å². The highest BCUT2D eigenvalue weighted by Crippen LogP contribution is 2.27. The van der Waals surface area contributed by atoms with Gasteiger partial charge in [0.1, 0.15) is 0 Å². The van der Waals surface area contributed by atoms with Gasteiger partial charge in [0.05, 0.1) is 11.8 Å². The molecule has 0 unspecified atom stereocenters. The fraction of sp³-hybridized carbons (Fsp3) is 0.345. The van der Waals surface area contributed by atoms with Gasteiger partial charge < -0.3 is 5.32 Å². The van der Waals surface area contributed by atoms with Crippen LogP contribution in [0.4, 0.5) is 0 Å². The van der Waals surface area contributed by atoms with Gasteiger partial charge >= 0.3 is 0 Å². The van der Waals surface area contributed by atoms with Gasteiger partial charge in [-0.1, -0.05) is 84.9 Å². The normalized spacial score (nSPS) is 16.0. The lowest BCUT2D eigenvalue weighted by atomic mass is 9.92. The van der Waals surface area contributed by atoms with Gasteiger partial charge in [0, 0.05) is 19.0 Å². The first-order valence-electron chi connectivity index (χ1n) is 12.4. The fourth-order valence-electron chi connectivity index (χ4n) is 4.79. The second-order valence-corrected chi connectivity index (χ2v) is 11.4. The number of sulfonamides is 1. The molecule has 3 aromatic carbocycles. The zero-order valence-corrected chi connectivity index (χ0v) is 21.1. The van der Waals surface area contributed by atoms with E-state index in [4.69, 9.17) is 0 Å². The topological polar surface area (TPSA) is 66.5 Å². The number of rotatable bonds is 9. The van der Waals surface area contributed by atoms with Crippen molar-refractivity contribution in [2.24, 2.45) is 5.92 Å². The monoisotopic (exact) mass is 490 g/mol. The minimum atomic E-state index is -3.32. The van der Waals surface area contributed by atoms with Crippen LogP contribution in [-0.4, -0.2) is 37.5 Å². The Labute approximate surface area is 209 Å². The van der Waals surface area contributed by atoms with Gasteiger partial charge in [0.25, 0.3) is 0 Å². The summed E-state index contributed by atoms with van der Waals surface area (Å²) in [5, 5.41) is 3.26. The third kappa shape index (κ3) is 6.59. The summed E-state index contributed by atoms with van der Waals surface area (Å²) in [5.74, 6) is -0.0634. The van der Waals surface area contributed by atoms with Crippen LogP contribution in [-0.2, 0) is 21.2 Å². The number of nitrogens with zero attached hydrogens (tertiary/aromatic N) is 1. The lowest BCUT2D eigenvalue weighted by Crippen LogP contribution is -2.44. The molecule has 1 aliphatic heterocycles. The molecule has 35 heavy (non-hydrogen) atoms. The van der Waals surface area contributed by atoms with Crippen LogP contribution < -0.4 is 5.32 Å². The first-order valence-corrected chi connectivity index (χ1v) is 14.0. The Hall–Kier alpha value is -2.96. The molecule has 1 amide bonds. The van der Waals surface area contributed by atoms with Crippen molar-refractivity contribution in [1.82, 2.24) is 9.62 Å². The van der Waals surface area contributed by atoms with Crippen LogP contribution >= 0.6 is 0 Å². The van der Waals surface area contributed by atoms with E-state index in [-0.39, 0.29) is 23.6 Å². The summed E-state index contributed by atoms with van der Waals surface area (Å²) in [5.41, 5.74) is 4.39. The van der Waals surface area contributed by atoms with E-state index in [1.807, 2.05) is 72.8 Å². The molecule has 0 radical (unpaired) electrons. The Morgan fingerprint density at radius 1 is 0.914 bits per heavy atom. The van der Waals surface area contributed by atoms with Crippen LogP contribution in [0.5, 0.6) is 0 Å². The van der Waals surface area contributed by atoms with Gasteiger partial charge in [-0.3, -0.25) is 4.79 Å².